The lowest BCUT2D eigenvalue weighted by molar-refractivity contribution is 0.166. The van der Waals surface area contributed by atoms with E-state index in [0.717, 1.165) is 37.2 Å². The molecule has 2 saturated carbocycles. The lowest BCUT2D eigenvalue weighted by Crippen LogP contribution is -2.42. The number of hydrogen-bond acceptors (Lipinski definition) is 3. The van der Waals surface area contributed by atoms with E-state index in [2.05, 4.69) is 17.9 Å². The normalized spacial score (nSPS) is 34.6. The molecule has 2 aliphatic rings. The molecule has 0 saturated heterocycles. The Bertz CT molecular complexity index is 374. The highest BCUT2D eigenvalue weighted by Crippen LogP contribution is 2.47. The molecule has 2 fully saturated rings. The molecule has 1 heterocycles. The topological polar surface area (TPSA) is 42.4 Å². The van der Waals surface area contributed by atoms with Crippen LogP contribution in [-0.2, 0) is 6.54 Å². The summed E-state index contributed by atoms with van der Waals surface area (Å²) in [6, 6.07) is 4.46. The van der Waals surface area contributed by atoms with Crippen LogP contribution in [0.1, 0.15) is 31.9 Å². The fourth-order valence-electron chi connectivity index (χ4n) is 3.95. The van der Waals surface area contributed by atoms with Gasteiger partial charge in [0.25, 0.3) is 0 Å². The summed E-state index contributed by atoms with van der Waals surface area (Å²) in [7, 11) is 0. The summed E-state index contributed by atoms with van der Waals surface area (Å²) in [4.78, 5) is 2.48. The predicted octanol–water partition coefficient (Wildman–Crippen LogP) is 2.47. The van der Waals surface area contributed by atoms with E-state index in [0.29, 0.717) is 12.0 Å². The van der Waals surface area contributed by atoms with Crippen molar-refractivity contribution in [3.63, 3.8) is 0 Å². The molecule has 18 heavy (non-hydrogen) atoms. The molecule has 1 aromatic rings. The van der Waals surface area contributed by atoms with Crippen molar-refractivity contribution in [2.24, 2.45) is 23.5 Å². The number of rotatable bonds is 5. The van der Waals surface area contributed by atoms with Gasteiger partial charge in [-0.2, -0.15) is 0 Å². The van der Waals surface area contributed by atoms with E-state index in [-0.39, 0.29) is 0 Å². The predicted molar refractivity (Wildman–Crippen MR) is 72.0 cm³/mol. The second kappa shape index (κ2) is 5.06. The standard InChI is InChI=1S/C15H24N2O/c1-2-17(9-13-4-3-7-18-13)10-14-11-5-6-12(8-11)15(14)16/h3-4,7,11-12,14-15H,2,5-6,8-10,16H2,1H3. The van der Waals surface area contributed by atoms with Crippen molar-refractivity contribution in [3.05, 3.63) is 24.2 Å². The molecule has 0 amide bonds. The van der Waals surface area contributed by atoms with Gasteiger partial charge >= 0.3 is 0 Å². The average Bonchev–Trinajstić information content (AvgIpc) is 3.08. The monoisotopic (exact) mass is 248 g/mol. The van der Waals surface area contributed by atoms with Gasteiger partial charge in [-0.05, 0) is 55.7 Å². The molecule has 2 N–H and O–H groups in total. The molecule has 0 aliphatic heterocycles. The van der Waals surface area contributed by atoms with Crippen molar-refractivity contribution in [3.8, 4) is 0 Å². The smallest absolute Gasteiger partial charge is 0.117 e. The highest BCUT2D eigenvalue weighted by atomic mass is 16.3. The van der Waals surface area contributed by atoms with Crippen molar-refractivity contribution in [1.82, 2.24) is 4.90 Å². The maximum Gasteiger partial charge on any atom is 0.117 e. The molecule has 3 nitrogen and oxygen atoms in total. The summed E-state index contributed by atoms with van der Waals surface area (Å²) in [5, 5.41) is 0. The second-order valence-corrected chi connectivity index (χ2v) is 5.98. The van der Waals surface area contributed by atoms with Gasteiger partial charge in [-0.25, -0.2) is 0 Å². The lowest BCUT2D eigenvalue weighted by atomic mass is 9.84. The number of nitrogens with zero attached hydrogens (tertiary/aromatic N) is 1. The second-order valence-electron chi connectivity index (χ2n) is 5.98. The molecule has 3 rings (SSSR count). The SMILES string of the molecule is CCN(Cc1ccco1)CC1C2CCC(C2)C1N. The Hall–Kier alpha value is -0.800. The third-order valence-electron chi connectivity index (χ3n) is 5.03. The van der Waals surface area contributed by atoms with Gasteiger partial charge < -0.3 is 10.2 Å². The maximum atomic E-state index is 6.39. The Morgan fingerprint density at radius 1 is 1.39 bits per heavy atom. The molecule has 0 spiro atoms. The largest absolute Gasteiger partial charge is 0.468 e. The summed E-state index contributed by atoms with van der Waals surface area (Å²) in [5.74, 6) is 3.46. The Labute approximate surface area is 109 Å². The molecule has 4 unspecified atom stereocenters. The summed E-state index contributed by atoms with van der Waals surface area (Å²) in [6.45, 7) is 5.35. The van der Waals surface area contributed by atoms with Crippen LogP contribution in [-0.4, -0.2) is 24.0 Å². The molecule has 2 aliphatic carbocycles. The van der Waals surface area contributed by atoms with Crippen LogP contribution in [0.25, 0.3) is 0 Å². The third kappa shape index (κ3) is 2.21. The van der Waals surface area contributed by atoms with Crippen LogP contribution >= 0.6 is 0 Å². The minimum Gasteiger partial charge on any atom is -0.468 e. The Morgan fingerprint density at radius 3 is 2.83 bits per heavy atom. The Kier molecular flexibility index (Phi) is 3.44. The van der Waals surface area contributed by atoms with Crippen molar-refractivity contribution >= 4 is 0 Å². The van der Waals surface area contributed by atoms with Crippen molar-refractivity contribution < 1.29 is 4.42 Å². The number of furan rings is 1. The van der Waals surface area contributed by atoms with Gasteiger partial charge in [0.2, 0.25) is 0 Å². The van der Waals surface area contributed by atoms with Crippen molar-refractivity contribution in [2.75, 3.05) is 13.1 Å². The van der Waals surface area contributed by atoms with Crippen molar-refractivity contribution in [1.29, 1.82) is 0 Å². The van der Waals surface area contributed by atoms with E-state index < -0.39 is 0 Å². The molecular formula is C15H24N2O. The highest BCUT2D eigenvalue weighted by molar-refractivity contribution is 5.01. The van der Waals surface area contributed by atoms with Crippen LogP contribution < -0.4 is 5.73 Å². The van der Waals surface area contributed by atoms with Crippen molar-refractivity contribution in [2.45, 2.75) is 38.8 Å². The van der Waals surface area contributed by atoms with Crippen LogP contribution in [0, 0.1) is 17.8 Å². The Morgan fingerprint density at radius 2 is 2.22 bits per heavy atom. The first kappa shape index (κ1) is 12.2. The zero-order valence-corrected chi connectivity index (χ0v) is 11.2. The highest BCUT2D eigenvalue weighted by Gasteiger charge is 2.45. The lowest BCUT2D eigenvalue weighted by Gasteiger charge is -2.32. The third-order valence-corrected chi connectivity index (χ3v) is 5.03. The van der Waals surface area contributed by atoms with E-state index in [9.17, 15) is 0 Å². The van der Waals surface area contributed by atoms with Crippen LogP contribution in [0.15, 0.2) is 22.8 Å². The first-order valence-corrected chi connectivity index (χ1v) is 7.28. The Balaban J connectivity index is 1.60. The van der Waals surface area contributed by atoms with Gasteiger partial charge in [-0.1, -0.05) is 6.92 Å². The van der Waals surface area contributed by atoms with Crippen LogP contribution in [0.2, 0.25) is 0 Å². The summed E-state index contributed by atoms with van der Waals surface area (Å²) in [6.07, 6.45) is 5.91. The minimum atomic E-state index is 0.439. The number of hydrogen-bond donors (Lipinski definition) is 1. The molecule has 3 heteroatoms. The van der Waals surface area contributed by atoms with Crippen LogP contribution in [0.3, 0.4) is 0 Å². The van der Waals surface area contributed by atoms with Crippen LogP contribution in [0.5, 0.6) is 0 Å². The molecule has 1 aromatic heterocycles. The van der Waals surface area contributed by atoms with Gasteiger partial charge in [0, 0.05) is 12.6 Å². The van der Waals surface area contributed by atoms with E-state index in [1.54, 1.807) is 6.26 Å². The van der Waals surface area contributed by atoms with Gasteiger partial charge in [0.05, 0.1) is 12.8 Å². The molecule has 100 valence electrons. The van der Waals surface area contributed by atoms with E-state index in [1.807, 2.05) is 6.07 Å². The van der Waals surface area contributed by atoms with Gasteiger partial charge in [0.1, 0.15) is 5.76 Å². The first-order valence-electron chi connectivity index (χ1n) is 7.28. The molecule has 0 radical (unpaired) electrons. The van der Waals surface area contributed by atoms with E-state index in [4.69, 9.17) is 10.2 Å². The van der Waals surface area contributed by atoms with E-state index in [1.165, 1.54) is 19.3 Å². The zero-order chi connectivity index (χ0) is 12.5. The summed E-state index contributed by atoms with van der Waals surface area (Å²) in [5.41, 5.74) is 6.39. The quantitative estimate of drug-likeness (QED) is 0.870. The number of fused-ring (bicyclic) bond motifs is 2. The fraction of sp³-hybridized carbons (Fsp3) is 0.733. The van der Waals surface area contributed by atoms with Crippen LogP contribution in [0.4, 0.5) is 0 Å². The molecule has 2 bridgehead atoms. The van der Waals surface area contributed by atoms with Gasteiger partial charge in [-0.3, -0.25) is 4.90 Å². The van der Waals surface area contributed by atoms with Gasteiger partial charge in [0.15, 0.2) is 0 Å². The maximum absolute atomic E-state index is 6.39. The minimum absolute atomic E-state index is 0.439. The number of nitrogens with two attached hydrogens (primary N) is 1. The molecule has 4 atom stereocenters. The molecular weight excluding hydrogens is 224 g/mol. The molecule has 0 aromatic carbocycles. The summed E-state index contributed by atoms with van der Waals surface area (Å²) >= 11 is 0. The average molecular weight is 248 g/mol. The van der Waals surface area contributed by atoms with Gasteiger partial charge in [-0.15, -0.1) is 0 Å². The fourth-order valence-corrected chi connectivity index (χ4v) is 3.95. The zero-order valence-electron chi connectivity index (χ0n) is 11.2. The first-order chi connectivity index (χ1) is 8.78. The van der Waals surface area contributed by atoms with E-state index >= 15 is 0 Å². The summed E-state index contributed by atoms with van der Waals surface area (Å²) < 4.78 is 5.45.